The van der Waals surface area contributed by atoms with Crippen molar-refractivity contribution in [2.75, 3.05) is 63.3 Å². The molecule has 7 aliphatic heterocycles. The Bertz CT molecular complexity index is 1270. The molecule has 0 amide bonds. The van der Waals surface area contributed by atoms with Crippen LogP contribution in [0.4, 0.5) is 0 Å². The summed E-state index contributed by atoms with van der Waals surface area (Å²) in [6, 6.07) is 0. The Morgan fingerprint density at radius 1 is 0.414 bits per heavy atom. The molecule has 0 radical (unpaired) electrons. The largest absolute Gasteiger partial charge is 0.300 e. The highest BCUT2D eigenvalue weighted by Crippen LogP contribution is 2.40. The molecule has 0 aromatic carbocycles. The third kappa shape index (κ3) is 54.1. The lowest BCUT2D eigenvalue weighted by molar-refractivity contribution is -0.117. The average Bonchev–Trinajstić information content (AvgIpc) is 3.97. The summed E-state index contributed by atoms with van der Waals surface area (Å²) in [5.74, 6) is 13.8. The molecule has 7 saturated heterocycles. The van der Waals surface area contributed by atoms with E-state index in [1.165, 1.54) is 119 Å². The number of hydrogen-bond donors (Lipinski definition) is 0. The van der Waals surface area contributed by atoms with Gasteiger partial charge in [0.1, 0.15) is 17.3 Å². The Labute approximate surface area is 477 Å². The molecule has 7 rings (SSSR count). The van der Waals surface area contributed by atoms with Crippen molar-refractivity contribution >= 4 is 155 Å². The Morgan fingerprint density at radius 3 is 1.27 bits per heavy atom. The zero-order valence-electron chi connectivity index (χ0n) is 40.6. The second-order valence-electron chi connectivity index (χ2n) is 17.0. The van der Waals surface area contributed by atoms with Crippen LogP contribution in [-0.2, 0) is 53.7 Å². The van der Waals surface area contributed by atoms with Gasteiger partial charge in [-0.25, -0.2) is 16.8 Å². The highest BCUT2D eigenvalue weighted by molar-refractivity contribution is 8.77. The Hall–Kier alpha value is 2.76. The van der Waals surface area contributed by atoms with Gasteiger partial charge in [0.25, 0.3) is 0 Å². The molecule has 0 bridgehead atoms. The van der Waals surface area contributed by atoms with Gasteiger partial charge in [-0.05, 0) is 141 Å². The Kier molecular flexibility index (Phi) is 65.6. The van der Waals surface area contributed by atoms with Gasteiger partial charge in [-0.15, -0.1) is 0 Å². The van der Waals surface area contributed by atoms with E-state index < -0.39 is 39.3 Å². The number of unbranched alkanes of at least 4 members (excludes halogenated alkanes) is 3. The van der Waals surface area contributed by atoms with Crippen LogP contribution in [0, 0.1) is 0 Å². The molecule has 0 aromatic heterocycles. The van der Waals surface area contributed by atoms with Crippen LogP contribution in [0.15, 0.2) is 0 Å². The van der Waals surface area contributed by atoms with E-state index in [1.54, 1.807) is 63.9 Å². The number of carbonyl (C=O) groups is 3. The van der Waals surface area contributed by atoms with Gasteiger partial charge in [0.2, 0.25) is 0 Å². The van der Waals surface area contributed by atoms with Crippen LogP contribution in [0.5, 0.6) is 0 Å². The topological polar surface area (TPSA) is 119 Å². The van der Waals surface area contributed by atoms with E-state index in [2.05, 4.69) is 11.8 Å². The van der Waals surface area contributed by atoms with Crippen molar-refractivity contribution < 1.29 is 31.2 Å². The molecule has 70 heavy (non-hydrogen) atoms. The minimum absolute atomic E-state index is 0. The number of carbonyl (C=O) groups excluding carboxylic acids is 3. The van der Waals surface area contributed by atoms with Gasteiger partial charge in [0.15, 0.2) is 0 Å². The minimum Gasteiger partial charge on any atom is -0.300 e. The van der Waals surface area contributed by atoms with Crippen molar-refractivity contribution in [1.82, 2.24) is 0 Å². The third-order valence-electron chi connectivity index (χ3n) is 10.6. The summed E-state index contributed by atoms with van der Waals surface area (Å²) < 4.78 is 43.6. The van der Waals surface area contributed by atoms with Crippen molar-refractivity contribution in [3.63, 3.8) is 0 Å². The number of ketones is 3. The number of rotatable bonds is 15. The molecule has 7 unspecified atom stereocenters. The molecule has 7 aliphatic rings. The van der Waals surface area contributed by atoms with E-state index in [-0.39, 0.29) is 41.3 Å². The predicted molar refractivity (Wildman–Crippen MR) is 345 cm³/mol. The van der Waals surface area contributed by atoms with Crippen molar-refractivity contribution in [3.8, 4) is 0 Å². The molecule has 20 heteroatoms. The summed E-state index contributed by atoms with van der Waals surface area (Å²) in [4.78, 5) is 31.9. The van der Waals surface area contributed by atoms with Crippen LogP contribution in [0.25, 0.3) is 0 Å². The maximum Gasteiger partial charge on any atom is 0.129 e. The summed E-state index contributed by atoms with van der Waals surface area (Å²) in [6.07, 6.45) is 30.5. The van der Waals surface area contributed by atoms with Crippen LogP contribution in [0.3, 0.4) is 0 Å². The van der Waals surface area contributed by atoms with Crippen LogP contribution in [0.2, 0.25) is 0 Å². The average molecular weight is 1230 g/mol. The first-order valence-electron chi connectivity index (χ1n) is 24.7. The summed E-state index contributed by atoms with van der Waals surface area (Å²) in [5.41, 5.74) is 0. The summed E-state index contributed by atoms with van der Waals surface area (Å²) in [7, 11) is 12.2. The van der Waals surface area contributed by atoms with Crippen molar-refractivity contribution in [3.05, 3.63) is 0 Å². The second-order valence-corrected chi connectivity index (χ2v) is 37.8. The standard InChI is InChI=1S/2C9H16O2S2.C9H16OS2.C5H10OS2.C5H10S2.C5H10S.C4H8OS2.4CH4/c1-8(10)4-2-3-5-9-6-7-13(11)12-9;1-8(10)4-2-3-5-9-6-7-12-13(9)11;1-8(10)4-2-3-5-9-6-7-11-12-9;6-8-5-3-1-2-4-7-8;1-2-4-6-7-5-3-1;1-2-4-6-5-3-1;5-7-4-2-1-3-6-7;;;;/h2*9H,2-7H2,1H3;9H,2-7H2,1H3;1-5H2;1-5H2;1-5H2;1-4H2;4*1H4. The molecule has 0 aromatic rings. The molecular formula is C50H102O7S13. The Balaban J connectivity index is -0.000000366. The quantitative estimate of drug-likeness (QED) is 0.114. The monoisotopic (exact) mass is 1230 g/mol. The van der Waals surface area contributed by atoms with E-state index >= 15 is 0 Å². The highest BCUT2D eigenvalue weighted by Gasteiger charge is 2.23. The normalized spacial score (nSPS) is 25.6. The van der Waals surface area contributed by atoms with Crippen molar-refractivity contribution in [2.45, 2.75) is 233 Å². The number of thioether (sulfide) groups is 1. The van der Waals surface area contributed by atoms with Gasteiger partial charge in [-0.3, -0.25) is 0 Å². The van der Waals surface area contributed by atoms with Gasteiger partial charge in [-0.2, -0.15) is 11.8 Å². The maximum absolute atomic E-state index is 11.3. The first kappa shape index (κ1) is 79.2. The predicted octanol–water partition coefficient (Wildman–Crippen LogP) is 17.6. The van der Waals surface area contributed by atoms with Gasteiger partial charge in [-0.1, -0.05) is 155 Å². The van der Waals surface area contributed by atoms with Crippen LogP contribution in [0.1, 0.15) is 217 Å². The fourth-order valence-electron chi connectivity index (χ4n) is 6.71. The summed E-state index contributed by atoms with van der Waals surface area (Å²) >= 11 is 2.09. The van der Waals surface area contributed by atoms with Gasteiger partial charge in [0.05, 0.1) is 39.3 Å². The molecule has 7 fully saturated rings. The van der Waals surface area contributed by atoms with E-state index in [4.69, 9.17) is 0 Å². The van der Waals surface area contributed by atoms with E-state index in [9.17, 15) is 31.2 Å². The lowest BCUT2D eigenvalue weighted by Gasteiger charge is -2.05. The summed E-state index contributed by atoms with van der Waals surface area (Å²) in [6.45, 7) is 4.95. The number of hydrogen-bond acceptors (Lipinski definition) is 16. The molecule has 0 saturated carbocycles. The lowest BCUT2D eigenvalue weighted by atomic mass is 10.1. The summed E-state index contributed by atoms with van der Waals surface area (Å²) in [5, 5.41) is 1.87. The maximum atomic E-state index is 11.3. The molecular weight excluding hydrogens is 1130 g/mol. The molecule has 422 valence electrons. The zero-order valence-corrected chi connectivity index (χ0v) is 51.2. The fraction of sp³-hybridized carbons (Fsp3) is 0.940. The van der Waals surface area contributed by atoms with Crippen molar-refractivity contribution in [1.29, 1.82) is 0 Å². The van der Waals surface area contributed by atoms with Crippen LogP contribution >= 0.6 is 98.1 Å². The molecule has 0 spiro atoms. The highest BCUT2D eigenvalue weighted by atomic mass is 33.1. The first-order valence-corrected chi connectivity index (χ1v) is 41.8. The first-order chi connectivity index (χ1) is 32.0. The van der Waals surface area contributed by atoms with E-state index in [0.717, 1.165) is 104 Å². The van der Waals surface area contributed by atoms with Crippen LogP contribution in [-0.4, -0.2) is 113 Å². The molecule has 7 atom stereocenters. The molecule has 7 nitrogen and oxygen atoms in total. The van der Waals surface area contributed by atoms with E-state index in [0.29, 0.717) is 29.1 Å². The smallest absolute Gasteiger partial charge is 0.129 e. The fourth-order valence-corrected chi connectivity index (χ4v) is 25.5. The third-order valence-corrected chi connectivity index (χ3v) is 30.8. The van der Waals surface area contributed by atoms with E-state index in [1.807, 2.05) is 43.2 Å². The SMILES string of the molecule is C.C.C.C.C1CCSCC1.C1CCSSCC1.CC(=O)CCCCC1CCS(=O)S1.CC(=O)CCCCC1CCSS1.CC(=O)CCCCC1CCSS1=O.O=S1CCCCCS1.O=S1CCCCS1. The zero-order chi connectivity index (χ0) is 48.3. The van der Waals surface area contributed by atoms with Gasteiger partial charge < -0.3 is 14.4 Å². The second kappa shape index (κ2) is 57.9. The lowest BCUT2D eigenvalue weighted by Crippen LogP contribution is -2.06. The molecule has 0 aliphatic carbocycles. The van der Waals surface area contributed by atoms with Crippen molar-refractivity contribution in [2.24, 2.45) is 0 Å². The number of Topliss-reactive ketones (excluding diaryl/α,β-unsaturated/α-hetero) is 3. The van der Waals surface area contributed by atoms with Crippen LogP contribution < -0.4 is 0 Å². The minimum atomic E-state index is -0.643. The molecule has 7 heterocycles. The molecule has 0 N–H and O–H groups in total. The van der Waals surface area contributed by atoms with Gasteiger partial charge >= 0.3 is 0 Å². The Morgan fingerprint density at radius 2 is 0.871 bits per heavy atom. The van der Waals surface area contributed by atoms with Gasteiger partial charge in [0, 0.05) is 86.8 Å².